The highest BCUT2D eigenvalue weighted by molar-refractivity contribution is 14.1. The molecule has 23 heavy (non-hydrogen) atoms. The van der Waals surface area contributed by atoms with Crippen LogP contribution in [-0.4, -0.2) is 9.13 Å². The number of fused-ring (bicyclic) bond motifs is 2. The molecule has 0 radical (unpaired) electrons. The van der Waals surface area contributed by atoms with Gasteiger partial charge in [-0.2, -0.15) is 0 Å². The third-order valence-corrected chi connectivity index (χ3v) is 5.79. The van der Waals surface area contributed by atoms with Gasteiger partial charge in [0.1, 0.15) is 0 Å². The molecule has 0 saturated heterocycles. The lowest BCUT2D eigenvalue weighted by Gasteiger charge is -2.00. The fourth-order valence-electron chi connectivity index (χ4n) is 3.38. The molecule has 0 N–H and O–H groups in total. The zero-order chi connectivity index (χ0) is 16.1. The number of benzene rings is 2. The van der Waals surface area contributed by atoms with Crippen LogP contribution in [0, 0.1) is 7.14 Å². The molecular weight excluding hydrogens is 510 g/mol. The first-order valence-electron chi connectivity index (χ1n) is 7.50. The summed E-state index contributed by atoms with van der Waals surface area (Å²) >= 11 is 4.79. The van der Waals surface area contributed by atoms with E-state index >= 15 is 0 Å². The van der Waals surface area contributed by atoms with Gasteiger partial charge >= 0.3 is 0 Å². The van der Waals surface area contributed by atoms with Crippen molar-refractivity contribution in [3.8, 4) is 0 Å². The molecule has 0 aliphatic heterocycles. The predicted molar refractivity (Wildman–Crippen MR) is 114 cm³/mol. The minimum Gasteiger partial charge on any atom is -0.350 e. The van der Waals surface area contributed by atoms with Crippen molar-refractivity contribution in [3.63, 3.8) is 0 Å². The molecule has 4 aromatic rings. The Labute approximate surface area is 162 Å². The van der Waals surface area contributed by atoms with Crippen molar-refractivity contribution < 1.29 is 0 Å². The lowest BCUT2D eigenvalue weighted by molar-refractivity contribution is 0.948. The van der Waals surface area contributed by atoms with Crippen LogP contribution in [0.4, 0.5) is 0 Å². The lowest BCUT2D eigenvalue weighted by atomic mass is 10.0. The maximum atomic E-state index is 2.39. The van der Waals surface area contributed by atoms with Crippen LogP contribution >= 0.6 is 45.2 Å². The Hall–Kier alpha value is -1.02. The van der Waals surface area contributed by atoms with Gasteiger partial charge in [0.05, 0.1) is 0 Å². The summed E-state index contributed by atoms with van der Waals surface area (Å²) in [7, 11) is 4.26. The van der Waals surface area contributed by atoms with E-state index in [9.17, 15) is 0 Å². The fraction of sp³-hybridized carbons (Fsp3) is 0.158. The van der Waals surface area contributed by atoms with Crippen LogP contribution in [-0.2, 0) is 20.5 Å². The number of hydrogen-bond acceptors (Lipinski definition) is 0. The Kier molecular flexibility index (Phi) is 3.91. The van der Waals surface area contributed by atoms with Crippen LogP contribution in [0.25, 0.3) is 21.8 Å². The van der Waals surface area contributed by atoms with Crippen LogP contribution < -0.4 is 0 Å². The largest absolute Gasteiger partial charge is 0.350 e. The zero-order valence-electron chi connectivity index (χ0n) is 13.0. The maximum Gasteiger partial charge on any atom is 0.0481 e. The van der Waals surface area contributed by atoms with E-state index in [1.165, 1.54) is 40.1 Å². The Morgan fingerprint density at radius 3 is 1.61 bits per heavy atom. The summed E-state index contributed by atoms with van der Waals surface area (Å²) in [5, 5.41) is 2.73. The van der Waals surface area contributed by atoms with Crippen LogP contribution in [0.2, 0.25) is 0 Å². The van der Waals surface area contributed by atoms with Gasteiger partial charge in [-0.25, -0.2) is 0 Å². The standard InChI is InChI=1S/C19H16I2N2/c1-22-10-12(16-8-14(20)3-5-18(16)22)7-13-11-23(2)19-6-4-15(21)9-17(13)19/h3-6,8-11H,7H2,1-2H3. The number of aromatic nitrogens is 2. The SMILES string of the molecule is Cn1cc(Cc2cn(C)c3ccc(I)cc23)c2cc(I)ccc21. The molecule has 0 unspecified atom stereocenters. The second kappa shape index (κ2) is 5.81. The van der Waals surface area contributed by atoms with Gasteiger partial charge < -0.3 is 9.13 Å². The van der Waals surface area contributed by atoms with Crippen molar-refractivity contribution >= 4 is 67.0 Å². The molecule has 0 saturated carbocycles. The van der Waals surface area contributed by atoms with Crippen molar-refractivity contribution in [1.29, 1.82) is 0 Å². The number of aryl methyl sites for hydroxylation is 2. The highest BCUT2D eigenvalue weighted by Gasteiger charge is 2.12. The van der Waals surface area contributed by atoms with Crippen molar-refractivity contribution in [2.24, 2.45) is 14.1 Å². The van der Waals surface area contributed by atoms with E-state index < -0.39 is 0 Å². The summed E-state index contributed by atoms with van der Waals surface area (Å²) < 4.78 is 7.04. The summed E-state index contributed by atoms with van der Waals surface area (Å²) in [5.41, 5.74) is 5.39. The summed E-state index contributed by atoms with van der Waals surface area (Å²) in [6.07, 6.45) is 5.51. The molecule has 2 aromatic carbocycles. The second-order valence-electron chi connectivity index (χ2n) is 6.03. The molecule has 0 spiro atoms. The molecule has 0 bridgehead atoms. The number of rotatable bonds is 2. The van der Waals surface area contributed by atoms with Gasteiger partial charge in [0, 0.05) is 61.9 Å². The molecule has 0 aliphatic rings. The van der Waals surface area contributed by atoms with E-state index in [1.54, 1.807) is 0 Å². The van der Waals surface area contributed by atoms with Gasteiger partial charge in [0.2, 0.25) is 0 Å². The average Bonchev–Trinajstić information content (AvgIpc) is 2.97. The van der Waals surface area contributed by atoms with Crippen molar-refractivity contribution in [1.82, 2.24) is 9.13 Å². The third kappa shape index (κ3) is 2.69. The van der Waals surface area contributed by atoms with Crippen molar-refractivity contribution in [2.45, 2.75) is 6.42 Å². The summed E-state index contributed by atoms with van der Waals surface area (Å²) in [5.74, 6) is 0. The van der Waals surface area contributed by atoms with Crippen molar-refractivity contribution in [2.75, 3.05) is 0 Å². The smallest absolute Gasteiger partial charge is 0.0481 e. The fourth-order valence-corrected chi connectivity index (χ4v) is 4.36. The topological polar surface area (TPSA) is 9.86 Å². The third-order valence-electron chi connectivity index (χ3n) is 4.45. The molecule has 0 amide bonds. The number of halogens is 2. The molecule has 2 nitrogen and oxygen atoms in total. The van der Waals surface area contributed by atoms with Crippen molar-refractivity contribution in [3.05, 3.63) is 67.1 Å². The van der Waals surface area contributed by atoms with Crippen LogP contribution in [0.15, 0.2) is 48.8 Å². The summed E-state index contributed by atoms with van der Waals surface area (Å²) in [6.45, 7) is 0. The molecular formula is C19H16I2N2. The van der Waals surface area contributed by atoms with Crippen LogP contribution in [0.3, 0.4) is 0 Å². The van der Waals surface area contributed by atoms with Gasteiger partial charge in [-0.05, 0) is 92.7 Å². The Balaban J connectivity index is 1.88. The van der Waals surface area contributed by atoms with Gasteiger partial charge in [0.15, 0.2) is 0 Å². The molecule has 0 atom stereocenters. The minimum atomic E-state index is 0.967. The predicted octanol–water partition coefficient (Wildman–Crippen LogP) is 5.47. The Morgan fingerprint density at radius 2 is 1.17 bits per heavy atom. The van der Waals surface area contributed by atoms with E-state index in [1.807, 2.05) is 0 Å². The summed E-state index contributed by atoms with van der Waals surface area (Å²) in [6, 6.07) is 13.4. The van der Waals surface area contributed by atoms with Crippen LogP contribution in [0.1, 0.15) is 11.1 Å². The Bertz CT molecular complexity index is 957. The first-order valence-corrected chi connectivity index (χ1v) is 9.65. The summed E-state index contributed by atoms with van der Waals surface area (Å²) in [4.78, 5) is 0. The van der Waals surface area contributed by atoms with E-state index in [2.05, 4.69) is 117 Å². The first-order chi connectivity index (χ1) is 11.0. The monoisotopic (exact) mass is 526 g/mol. The van der Waals surface area contributed by atoms with Gasteiger partial charge in [-0.15, -0.1) is 0 Å². The van der Waals surface area contributed by atoms with Crippen LogP contribution in [0.5, 0.6) is 0 Å². The molecule has 116 valence electrons. The zero-order valence-corrected chi connectivity index (χ0v) is 17.3. The van der Waals surface area contributed by atoms with E-state index in [0.29, 0.717) is 0 Å². The molecule has 4 heteroatoms. The molecule has 4 rings (SSSR count). The van der Waals surface area contributed by atoms with E-state index in [4.69, 9.17) is 0 Å². The van der Waals surface area contributed by atoms with Gasteiger partial charge in [-0.1, -0.05) is 0 Å². The van der Waals surface area contributed by atoms with E-state index in [0.717, 1.165) is 6.42 Å². The highest BCUT2D eigenvalue weighted by atomic mass is 127. The maximum absolute atomic E-state index is 2.39. The highest BCUT2D eigenvalue weighted by Crippen LogP contribution is 2.29. The molecule has 0 aliphatic carbocycles. The lowest BCUT2D eigenvalue weighted by Crippen LogP contribution is -1.86. The number of nitrogens with zero attached hydrogens (tertiary/aromatic N) is 2. The molecule has 0 fully saturated rings. The minimum absolute atomic E-state index is 0.967. The Morgan fingerprint density at radius 1 is 0.739 bits per heavy atom. The molecule has 2 heterocycles. The normalized spacial score (nSPS) is 11.7. The van der Waals surface area contributed by atoms with E-state index in [-0.39, 0.29) is 0 Å². The second-order valence-corrected chi connectivity index (χ2v) is 8.52. The van der Waals surface area contributed by atoms with Gasteiger partial charge in [0.25, 0.3) is 0 Å². The number of hydrogen-bond donors (Lipinski definition) is 0. The first kappa shape index (κ1) is 15.5. The average molecular weight is 526 g/mol. The molecule has 2 aromatic heterocycles. The van der Waals surface area contributed by atoms with Gasteiger partial charge in [-0.3, -0.25) is 0 Å². The quantitative estimate of drug-likeness (QED) is 0.307.